The van der Waals surface area contributed by atoms with Crippen molar-refractivity contribution in [1.82, 2.24) is 0 Å². The van der Waals surface area contributed by atoms with E-state index in [1.807, 2.05) is 49.4 Å². The van der Waals surface area contributed by atoms with Crippen LogP contribution in [0.4, 0.5) is 0 Å². The van der Waals surface area contributed by atoms with Crippen molar-refractivity contribution in [3.63, 3.8) is 0 Å². The second-order valence-corrected chi connectivity index (χ2v) is 5.61. The Hall–Kier alpha value is -2.42. The van der Waals surface area contributed by atoms with E-state index in [2.05, 4.69) is 12.1 Å². The van der Waals surface area contributed by atoms with E-state index in [9.17, 15) is 4.79 Å². The summed E-state index contributed by atoms with van der Waals surface area (Å²) in [7, 11) is 0. The molecule has 0 aliphatic rings. The van der Waals surface area contributed by atoms with Crippen LogP contribution in [0.2, 0.25) is 0 Å². The minimum Gasteiger partial charge on any atom is -0.313 e. The van der Waals surface area contributed by atoms with Crippen LogP contribution in [0.15, 0.2) is 59.8 Å². The number of oxime groups is 1. The molecule has 0 spiro atoms. The molecule has 0 aliphatic heterocycles. The topological polar surface area (TPSA) is 38.7 Å². The van der Waals surface area contributed by atoms with Crippen LogP contribution in [0.1, 0.15) is 54.1 Å². The van der Waals surface area contributed by atoms with Gasteiger partial charge in [-0.3, -0.25) is 0 Å². The van der Waals surface area contributed by atoms with Gasteiger partial charge in [-0.2, -0.15) is 0 Å². The Kier molecular flexibility index (Phi) is 6.55. The first-order valence-corrected chi connectivity index (χ1v) is 8.11. The van der Waals surface area contributed by atoms with Gasteiger partial charge in [0.05, 0.1) is 11.3 Å². The van der Waals surface area contributed by atoms with Crippen LogP contribution in [0.3, 0.4) is 0 Å². The van der Waals surface area contributed by atoms with Gasteiger partial charge in [0.15, 0.2) is 0 Å². The number of aryl methyl sites for hydroxylation is 1. The molecule has 0 bridgehead atoms. The third-order valence-corrected chi connectivity index (χ3v) is 3.62. The molecule has 2 rings (SSSR count). The molecule has 3 nitrogen and oxygen atoms in total. The molecule has 2 aromatic rings. The second-order valence-electron chi connectivity index (χ2n) is 5.61. The lowest BCUT2D eigenvalue weighted by atomic mass is 10.0. The first-order chi connectivity index (χ1) is 11.2. The van der Waals surface area contributed by atoms with E-state index >= 15 is 0 Å². The van der Waals surface area contributed by atoms with Crippen LogP contribution in [-0.2, 0) is 4.84 Å². The summed E-state index contributed by atoms with van der Waals surface area (Å²) in [5, 5.41) is 4.14. The predicted octanol–water partition coefficient (Wildman–Crippen LogP) is 5.14. The summed E-state index contributed by atoms with van der Waals surface area (Å²) >= 11 is 0. The second kappa shape index (κ2) is 8.89. The average molecular weight is 309 g/mol. The van der Waals surface area contributed by atoms with Crippen LogP contribution < -0.4 is 0 Å². The van der Waals surface area contributed by atoms with Crippen molar-refractivity contribution in [2.45, 2.75) is 39.5 Å². The number of rotatable bonds is 7. The van der Waals surface area contributed by atoms with Gasteiger partial charge in [-0.25, -0.2) is 4.79 Å². The zero-order valence-corrected chi connectivity index (χ0v) is 13.8. The van der Waals surface area contributed by atoms with Crippen LogP contribution >= 0.6 is 0 Å². The van der Waals surface area contributed by atoms with Crippen LogP contribution in [0, 0.1) is 6.92 Å². The number of nitrogens with zero attached hydrogens (tertiary/aromatic N) is 1. The Balaban J connectivity index is 2.11. The molecule has 0 aliphatic carbocycles. The molecule has 0 radical (unpaired) electrons. The number of carbonyl (C=O) groups excluding carboxylic acids is 1. The number of hydrogen-bond donors (Lipinski definition) is 0. The molecule has 3 heteroatoms. The molecule has 0 fully saturated rings. The van der Waals surface area contributed by atoms with Gasteiger partial charge in [0.25, 0.3) is 0 Å². The first-order valence-electron chi connectivity index (χ1n) is 8.11. The third kappa shape index (κ3) is 5.37. The fraction of sp³-hybridized carbons (Fsp3) is 0.300. The van der Waals surface area contributed by atoms with E-state index in [0.717, 1.165) is 42.5 Å². The quantitative estimate of drug-likeness (QED) is 0.307. The van der Waals surface area contributed by atoms with Gasteiger partial charge in [0.2, 0.25) is 0 Å². The van der Waals surface area contributed by atoms with E-state index in [0.29, 0.717) is 5.56 Å². The molecule has 0 saturated carbocycles. The summed E-state index contributed by atoms with van der Waals surface area (Å²) in [6, 6.07) is 17.2. The van der Waals surface area contributed by atoms with Gasteiger partial charge in [0.1, 0.15) is 0 Å². The van der Waals surface area contributed by atoms with Gasteiger partial charge in [0, 0.05) is 0 Å². The first kappa shape index (κ1) is 16.9. The zero-order valence-electron chi connectivity index (χ0n) is 13.8. The van der Waals surface area contributed by atoms with E-state index in [1.165, 1.54) is 0 Å². The lowest BCUT2D eigenvalue weighted by molar-refractivity contribution is 0.0515. The van der Waals surface area contributed by atoms with Crippen LogP contribution in [0.5, 0.6) is 0 Å². The van der Waals surface area contributed by atoms with Crippen molar-refractivity contribution in [1.29, 1.82) is 0 Å². The molecular weight excluding hydrogens is 286 g/mol. The smallest absolute Gasteiger partial charge is 0.313 e. The van der Waals surface area contributed by atoms with Gasteiger partial charge in [-0.15, -0.1) is 0 Å². The highest BCUT2D eigenvalue weighted by molar-refractivity contribution is 6.01. The minimum atomic E-state index is -0.419. The van der Waals surface area contributed by atoms with Gasteiger partial charge in [-0.1, -0.05) is 72.9 Å². The maximum Gasteiger partial charge on any atom is 0.365 e. The molecule has 0 heterocycles. The van der Waals surface area contributed by atoms with E-state index in [1.54, 1.807) is 12.1 Å². The summed E-state index contributed by atoms with van der Waals surface area (Å²) in [6.45, 7) is 4.11. The lowest BCUT2D eigenvalue weighted by Gasteiger charge is -2.06. The Morgan fingerprint density at radius 3 is 2.43 bits per heavy atom. The van der Waals surface area contributed by atoms with Crippen molar-refractivity contribution in [2.75, 3.05) is 0 Å². The molecule has 0 atom stereocenters. The van der Waals surface area contributed by atoms with Crippen LogP contribution in [0.25, 0.3) is 0 Å². The fourth-order valence-corrected chi connectivity index (χ4v) is 2.34. The lowest BCUT2D eigenvalue weighted by Crippen LogP contribution is -2.06. The van der Waals surface area contributed by atoms with E-state index < -0.39 is 5.97 Å². The minimum absolute atomic E-state index is 0.419. The van der Waals surface area contributed by atoms with Crippen molar-refractivity contribution in [3.8, 4) is 0 Å². The molecule has 23 heavy (non-hydrogen) atoms. The maximum absolute atomic E-state index is 12.1. The Morgan fingerprint density at radius 1 is 1.00 bits per heavy atom. The predicted molar refractivity (Wildman–Crippen MR) is 93.7 cm³/mol. The Labute approximate surface area is 138 Å². The third-order valence-electron chi connectivity index (χ3n) is 3.62. The largest absolute Gasteiger partial charge is 0.365 e. The van der Waals surface area contributed by atoms with Crippen molar-refractivity contribution >= 4 is 11.7 Å². The highest BCUT2D eigenvalue weighted by atomic mass is 16.7. The van der Waals surface area contributed by atoms with Crippen molar-refractivity contribution in [2.24, 2.45) is 5.16 Å². The van der Waals surface area contributed by atoms with Gasteiger partial charge >= 0.3 is 5.97 Å². The van der Waals surface area contributed by atoms with Crippen molar-refractivity contribution < 1.29 is 9.63 Å². The van der Waals surface area contributed by atoms with Gasteiger partial charge in [-0.05, 0) is 37.5 Å². The molecule has 2 aromatic carbocycles. The summed E-state index contributed by atoms with van der Waals surface area (Å²) < 4.78 is 0. The molecule has 0 unspecified atom stereocenters. The Morgan fingerprint density at radius 2 is 1.74 bits per heavy atom. The molecule has 0 aromatic heterocycles. The summed E-state index contributed by atoms with van der Waals surface area (Å²) in [5.41, 5.74) is 3.37. The molecule has 0 amide bonds. The highest BCUT2D eigenvalue weighted by Crippen LogP contribution is 2.11. The van der Waals surface area contributed by atoms with Crippen LogP contribution in [-0.4, -0.2) is 11.7 Å². The highest BCUT2D eigenvalue weighted by Gasteiger charge is 2.09. The van der Waals surface area contributed by atoms with E-state index in [-0.39, 0.29) is 0 Å². The number of carbonyl (C=O) groups is 1. The standard InChI is InChI=1S/C20H23NO2/c1-3-4-6-14-19(17-11-7-5-8-12-17)21-23-20(22)18-13-9-10-16(2)15-18/h5,7-13,15H,3-4,6,14H2,1-2H3/b21-19+. The number of benzene rings is 2. The normalized spacial score (nSPS) is 11.3. The van der Waals surface area contributed by atoms with Gasteiger partial charge < -0.3 is 4.84 Å². The maximum atomic E-state index is 12.1. The summed E-state index contributed by atoms with van der Waals surface area (Å²) in [6.07, 6.45) is 4.12. The number of hydrogen-bond acceptors (Lipinski definition) is 3. The molecule has 120 valence electrons. The van der Waals surface area contributed by atoms with E-state index in [4.69, 9.17) is 4.84 Å². The summed E-state index contributed by atoms with van der Waals surface area (Å²) in [4.78, 5) is 17.3. The average Bonchev–Trinajstić information content (AvgIpc) is 2.58. The molecular formula is C20H23NO2. The molecule has 0 N–H and O–H groups in total. The SMILES string of the molecule is CCCCC/C(=N\OC(=O)c1cccc(C)c1)c1ccccc1. The monoisotopic (exact) mass is 309 g/mol. The fourth-order valence-electron chi connectivity index (χ4n) is 2.34. The zero-order chi connectivity index (χ0) is 16.5. The summed E-state index contributed by atoms with van der Waals surface area (Å²) in [5.74, 6) is -0.419. The number of unbranched alkanes of at least 4 members (excludes halogenated alkanes) is 2. The van der Waals surface area contributed by atoms with Crippen molar-refractivity contribution in [3.05, 3.63) is 71.3 Å². The molecule has 0 saturated heterocycles. The Bertz CT molecular complexity index is 662.